The minimum Gasteiger partial charge on any atom is -0.355 e. The lowest BCUT2D eigenvalue weighted by atomic mass is 9.89. The standard InChI is InChI=1S/C14H21N3OS/c1-11(19-14-15-8-5-9-16-14)13(18)17-10-12-6-3-2-4-7-12/h5,8-9,11-12H,2-4,6-7,10H2,1H3,(H,17,18). The molecule has 0 aromatic carbocycles. The summed E-state index contributed by atoms with van der Waals surface area (Å²) in [6.45, 7) is 2.72. The average molecular weight is 279 g/mol. The third kappa shape index (κ3) is 4.82. The van der Waals surface area contributed by atoms with Crippen molar-refractivity contribution in [1.29, 1.82) is 0 Å². The summed E-state index contributed by atoms with van der Waals surface area (Å²) in [5.74, 6) is 0.755. The Morgan fingerprint density at radius 1 is 1.37 bits per heavy atom. The Balaban J connectivity index is 1.73. The normalized spacial score (nSPS) is 17.9. The van der Waals surface area contributed by atoms with Crippen molar-refractivity contribution in [2.24, 2.45) is 5.92 Å². The van der Waals surface area contributed by atoms with Crippen LogP contribution in [-0.2, 0) is 4.79 Å². The molecule has 19 heavy (non-hydrogen) atoms. The van der Waals surface area contributed by atoms with E-state index in [9.17, 15) is 4.79 Å². The Kier molecular flexibility index (Phi) is 5.63. The number of hydrogen-bond donors (Lipinski definition) is 1. The van der Waals surface area contributed by atoms with Crippen molar-refractivity contribution in [3.8, 4) is 0 Å². The lowest BCUT2D eigenvalue weighted by molar-refractivity contribution is -0.120. The average Bonchev–Trinajstić information content (AvgIpc) is 2.47. The van der Waals surface area contributed by atoms with E-state index in [1.807, 2.05) is 6.92 Å². The Bertz CT molecular complexity index is 393. The van der Waals surface area contributed by atoms with Crippen LogP contribution in [0.15, 0.2) is 23.6 Å². The molecule has 1 heterocycles. The van der Waals surface area contributed by atoms with E-state index in [1.165, 1.54) is 43.9 Å². The Morgan fingerprint density at radius 3 is 2.74 bits per heavy atom. The first-order valence-electron chi connectivity index (χ1n) is 6.97. The van der Waals surface area contributed by atoms with Crippen LogP contribution in [0.3, 0.4) is 0 Å². The SMILES string of the molecule is CC(Sc1ncccn1)C(=O)NCC1CCCCC1. The highest BCUT2D eigenvalue weighted by molar-refractivity contribution is 8.00. The summed E-state index contributed by atoms with van der Waals surface area (Å²) < 4.78 is 0. The molecule has 1 aliphatic rings. The van der Waals surface area contributed by atoms with Crippen LogP contribution in [0, 0.1) is 5.92 Å². The number of amides is 1. The first kappa shape index (κ1) is 14.3. The van der Waals surface area contributed by atoms with E-state index in [1.54, 1.807) is 18.5 Å². The van der Waals surface area contributed by atoms with E-state index < -0.39 is 0 Å². The van der Waals surface area contributed by atoms with Crippen molar-refractivity contribution >= 4 is 17.7 Å². The lowest BCUT2D eigenvalue weighted by Crippen LogP contribution is -2.35. The van der Waals surface area contributed by atoms with E-state index in [4.69, 9.17) is 0 Å². The molecule has 1 fully saturated rings. The van der Waals surface area contributed by atoms with Gasteiger partial charge in [0.2, 0.25) is 5.91 Å². The fraction of sp³-hybridized carbons (Fsp3) is 0.643. The predicted molar refractivity (Wildman–Crippen MR) is 76.9 cm³/mol. The number of hydrogen-bond acceptors (Lipinski definition) is 4. The second kappa shape index (κ2) is 7.48. The van der Waals surface area contributed by atoms with Crippen molar-refractivity contribution in [2.45, 2.75) is 49.4 Å². The maximum Gasteiger partial charge on any atom is 0.233 e. The zero-order chi connectivity index (χ0) is 13.5. The van der Waals surface area contributed by atoms with Gasteiger partial charge in [0, 0.05) is 18.9 Å². The molecule has 0 spiro atoms. The van der Waals surface area contributed by atoms with Gasteiger partial charge in [0.1, 0.15) is 0 Å². The number of nitrogens with zero attached hydrogens (tertiary/aromatic N) is 2. The summed E-state index contributed by atoms with van der Waals surface area (Å²) in [5.41, 5.74) is 0. The molecule has 0 radical (unpaired) electrons. The van der Waals surface area contributed by atoms with Gasteiger partial charge in [-0.25, -0.2) is 9.97 Å². The molecular weight excluding hydrogens is 258 g/mol. The zero-order valence-electron chi connectivity index (χ0n) is 11.3. The van der Waals surface area contributed by atoms with Gasteiger partial charge < -0.3 is 5.32 Å². The second-order valence-corrected chi connectivity index (χ2v) is 6.35. The van der Waals surface area contributed by atoms with Crippen LogP contribution in [0.1, 0.15) is 39.0 Å². The van der Waals surface area contributed by atoms with Crippen molar-refractivity contribution in [3.05, 3.63) is 18.5 Å². The number of aromatic nitrogens is 2. The summed E-state index contributed by atoms with van der Waals surface area (Å²) in [6.07, 6.45) is 9.87. The van der Waals surface area contributed by atoms with Crippen molar-refractivity contribution in [1.82, 2.24) is 15.3 Å². The fourth-order valence-corrected chi connectivity index (χ4v) is 3.09. The molecule has 1 saturated carbocycles. The van der Waals surface area contributed by atoms with Crippen LogP contribution in [0.5, 0.6) is 0 Å². The zero-order valence-corrected chi connectivity index (χ0v) is 12.2. The lowest BCUT2D eigenvalue weighted by Gasteiger charge is -2.22. The summed E-state index contributed by atoms with van der Waals surface area (Å²) in [7, 11) is 0. The minimum absolute atomic E-state index is 0.0861. The topological polar surface area (TPSA) is 54.9 Å². The third-order valence-electron chi connectivity index (χ3n) is 3.48. The highest BCUT2D eigenvalue weighted by Gasteiger charge is 2.18. The molecule has 0 saturated heterocycles. The van der Waals surface area contributed by atoms with Crippen molar-refractivity contribution in [3.63, 3.8) is 0 Å². The van der Waals surface area contributed by atoms with E-state index in [0.717, 1.165) is 6.54 Å². The van der Waals surface area contributed by atoms with E-state index in [2.05, 4.69) is 15.3 Å². The summed E-state index contributed by atoms with van der Waals surface area (Å²) in [6, 6.07) is 1.78. The van der Waals surface area contributed by atoms with Crippen LogP contribution in [0.25, 0.3) is 0 Å². The second-order valence-electron chi connectivity index (χ2n) is 5.04. The van der Waals surface area contributed by atoms with E-state index in [0.29, 0.717) is 11.1 Å². The van der Waals surface area contributed by atoms with Crippen molar-refractivity contribution < 1.29 is 4.79 Å². The highest BCUT2D eigenvalue weighted by atomic mass is 32.2. The van der Waals surface area contributed by atoms with Crippen LogP contribution in [0.4, 0.5) is 0 Å². The van der Waals surface area contributed by atoms with Crippen LogP contribution >= 0.6 is 11.8 Å². The number of nitrogens with one attached hydrogen (secondary N) is 1. The van der Waals surface area contributed by atoms with Gasteiger partial charge in [-0.2, -0.15) is 0 Å². The van der Waals surface area contributed by atoms with Crippen molar-refractivity contribution in [2.75, 3.05) is 6.54 Å². The van der Waals surface area contributed by atoms with Gasteiger partial charge in [0.25, 0.3) is 0 Å². The maximum absolute atomic E-state index is 12.0. The van der Waals surface area contributed by atoms with Gasteiger partial charge in [-0.15, -0.1) is 0 Å². The number of thioether (sulfide) groups is 1. The smallest absolute Gasteiger partial charge is 0.233 e. The first-order chi connectivity index (χ1) is 9.25. The number of carbonyl (C=O) groups excluding carboxylic acids is 1. The first-order valence-corrected chi connectivity index (χ1v) is 7.85. The van der Waals surface area contributed by atoms with Gasteiger partial charge in [0.15, 0.2) is 5.16 Å². The van der Waals surface area contributed by atoms with Crippen LogP contribution in [0.2, 0.25) is 0 Å². The molecule has 1 atom stereocenters. The Labute approximate surface area is 118 Å². The molecule has 1 aliphatic carbocycles. The molecule has 5 heteroatoms. The van der Waals surface area contributed by atoms with Crippen LogP contribution in [-0.4, -0.2) is 27.7 Å². The Morgan fingerprint density at radius 2 is 2.05 bits per heavy atom. The minimum atomic E-state index is -0.147. The highest BCUT2D eigenvalue weighted by Crippen LogP contribution is 2.23. The van der Waals surface area contributed by atoms with Gasteiger partial charge >= 0.3 is 0 Å². The third-order valence-corrected chi connectivity index (χ3v) is 4.47. The molecule has 1 N–H and O–H groups in total. The monoisotopic (exact) mass is 279 g/mol. The predicted octanol–water partition coefficient (Wildman–Crippen LogP) is 2.65. The molecule has 1 unspecified atom stereocenters. The number of rotatable bonds is 5. The van der Waals surface area contributed by atoms with Gasteiger partial charge in [-0.1, -0.05) is 31.0 Å². The number of carbonyl (C=O) groups is 1. The summed E-state index contributed by atoms with van der Waals surface area (Å²) in [5, 5.41) is 3.57. The molecule has 104 valence electrons. The fourth-order valence-electron chi connectivity index (χ4n) is 2.34. The molecule has 0 aliphatic heterocycles. The summed E-state index contributed by atoms with van der Waals surface area (Å²) in [4.78, 5) is 20.2. The van der Waals surface area contributed by atoms with Crippen LogP contribution < -0.4 is 5.32 Å². The molecule has 2 rings (SSSR count). The maximum atomic E-state index is 12.0. The molecule has 0 bridgehead atoms. The Hall–Kier alpha value is -1.10. The van der Waals surface area contributed by atoms with Gasteiger partial charge in [-0.05, 0) is 31.7 Å². The van der Waals surface area contributed by atoms with Gasteiger partial charge in [0.05, 0.1) is 5.25 Å². The molecular formula is C14H21N3OS. The molecule has 1 aromatic rings. The van der Waals surface area contributed by atoms with E-state index >= 15 is 0 Å². The quantitative estimate of drug-likeness (QED) is 0.665. The summed E-state index contributed by atoms with van der Waals surface area (Å²) >= 11 is 1.40. The molecule has 1 amide bonds. The molecule has 1 aromatic heterocycles. The van der Waals surface area contributed by atoms with Gasteiger partial charge in [-0.3, -0.25) is 4.79 Å². The molecule has 4 nitrogen and oxygen atoms in total. The largest absolute Gasteiger partial charge is 0.355 e. The van der Waals surface area contributed by atoms with E-state index in [-0.39, 0.29) is 11.2 Å².